The lowest BCUT2D eigenvalue weighted by atomic mass is 9.70. The molecule has 0 heterocycles. The van der Waals surface area contributed by atoms with Crippen LogP contribution in [0.25, 0.3) is 0 Å². The van der Waals surface area contributed by atoms with Gasteiger partial charge in [-0.3, -0.25) is 9.59 Å². The molecule has 0 saturated heterocycles. The number of carbonyl (C=O) groups is 2. The molecule has 92 valence electrons. The number of carbonyl (C=O) groups excluding carboxylic acids is 2. The van der Waals surface area contributed by atoms with Gasteiger partial charge < -0.3 is 4.74 Å². The average molecular weight is 226 g/mol. The van der Waals surface area contributed by atoms with Gasteiger partial charge >= 0.3 is 5.97 Å². The highest BCUT2D eigenvalue weighted by molar-refractivity contribution is 5.96. The van der Waals surface area contributed by atoms with E-state index in [4.69, 9.17) is 4.74 Å². The second-order valence-electron chi connectivity index (χ2n) is 5.41. The smallest absolute Gasteiger partial charge is 0.313 e. The lowest BCUT2D eigenvalue weighted by molar-refractivity contribution is -0.146. The second kappa shape index (κ2) is 5.46. The highest BCUT2D eigenvalue weighted by atomic mass is 16.5. The standard InChI is InChI=1S/C13H22O3/c1-4-16-12(15)8-11(14)10-6-5-7-13(2,3)9-10/h10H,4-9H2,1-3H3. The van der Waals surface area contributed by atoms with Gasteiger partial charge in [0.1, 0.15) is 12.2 Å². The van der Waals surface area contributed by atoms with Crippen molar-refractivity contribution in [2.24, 2.45) is 11.3 Å². The maximum atomic E-state index is 11.9. The van der Waals surface area contributed by atoms with Crippen molar-refractivity contribution in [2.45, 2.75) is 52.9 Å². The maximum absolute atomic E-state index is 11.9. The third kappa shape index (κ3) is 3.95. The Bertz CT molecular complexity index is 268. The Morgan fingerprint density at radius 3 is 2.62 bits per heavy atom. The van der Waals surface area contributed by atoms with Crippen molar-refractivity contribution in [1.82, 2.24) is 0 Å². The number of ketones is 1. The van der Waals surface area contributed by atoms with Gasteiger partial charge in [-0.05, 0) is 31.6 Å². The summed E-state index contributed by atoms with van der Waals surface area (Å²) in [5.74, 6) is -0.254. The topological polar surface area (TPSA) is 43.4 Å². The Morgan fingerprint density at radius 1 is 1.38 bits per heavy atom. The largest absolute Gasteiger partial charge is 0.466 e. The van der Waals surface area contributed by atoms with E-state index in [0.717, 1.165) is 19.3 Å². The van der Waals surface area contributed by atoms with Crippen LogP contribution in [0, 0.1) is 11.3 Å². The molecule has 1 aliphatic rings. The van der Waals surface area contributed by atoms with Gasteiger partial charge in [0.15, 0.2) is 0 Å². The van der Waals surface area contributed by atoms with Crippen LogP contribution >= 0.6 is 0 Å². The highest BCUT2D eigenvalue weighted by Crippen LogP contribution is 2.39. The molecule has 1 rings (SSSR count). The lowest BCUT2D eigenvalue weighted by Crippen LogP contribution is -2.29. The van der Waals surface area contributed by atoms with E-state index in [-0.39, 0.29) is 29.5 Å². The van der Waals surface area contributed by atoms with Crippen LogP contribution in [0.5, 0.6) is 0 Å². The molecular weight excluding hydrogens is 204 g/mol. The molecule has 1 aliphatic carbocycles. The summed E-state index contributed by atoms with van der Waals surface area (Å²) in [4.78, 5) is 23.1. The van der Waals surface area contributed by atoms with Crippen LogP contribution in [0.1, 0.15) is 52.9 Å². The molecule has 3 nitrogen and oxygen atoms in total. The molecule has 0 spiro atoms. The van der Waals surface area contributed by atoms with E-state index in [1.165, 1.54) is 6.42 Å². The lowest BCUT2D eigenvalue weighted by Gasteiger charge is -2.34. The van der Waals surface area contributed by atoms with Gasteiger partial charge in [0.05, 0.1) is 6.61 Å². The summed E-state index contributed by atoms with van der Waals surface area (Å²) in [6.45, 7) is 6.49. The minimum Gasteiger partial charge on any atom is -0.466 e. The van der Waals surface area contributed by atoms with Gasteiger partial charge in [-0.1, -0.05) is 20.3 Å². The van der Waals surface area contributed by atoms with Crippen LogP contribution in [-0.4, -0.2) is 18.4 Å². The van der Waals surface area contributed by atoms with Crippen molar-refractivity contribution in [2.75, 3.05) is 6.61 Å². The summed E-state index contributed by atoms with van der Waals surface area (Å²) in [7, 11) is 0. The van der Waals surface area contributed by atoms with Crippen molar-refractivity contribution in [3.63, 3.8) is 0 Å². The molecule has 0 N–H and O–H groups in total. The van der Waals surface area contributed by atoms with Crippen LogP contribution in [-0.2, 0) is 14.3 Å². The molecule has 0 aliphatic heterocycles. The fourth-order valence-corrected chi connectivity index (χ4v) is 2.47. The van der Waals surface area contributed by atoms with Crippen molar-refractivity contribution >= 4 is 11.8 Å². The molecule has 0 amide bonds. The molecule has 0 aromatic rings. The first-order chi connectivity index (χ1) is 7.44. The fourth-order valence-electron chi connectivity index (χ4n) is 2.47. The van der Waals surface area contributed by atoms with Crippen molar-refractivity contribution in [3.8, 4) is 0 Å². The van der Waals surface area contributed by atoms with Gasteiger partial charge in [0, 0.05) is 5.92 Å². The molecule has 0 bridgehead atoms. The Morgan fingerprint density at radius 2 is 2.06 bits per heavy atom. The predicted molar refractivity (Wildman–Crippen MR) is 62.0 cm³/mol. The van der Waals surface area contributed by atoms with E-state index in [1.54, 1.807) is 6.92 Å². The number of esters is 1. The van der Waals surface area contributed by atoms with Gasteiger partial charge in [-0.15, -0.1) is 0 Å². The van der Waals surface area contributed by atoms with Crippen LogP contribution in [0.2, 0.25) is 0 Å². The first-order valence-corrected chi connectivity index (χ1v) is 6.13. The van der Waals surface area contributed by atoms with Crippen molar-refractivity contribution in [1.29, 1.82) is 0 Å². The van der Waals surface area contributed by atoms with E-state index in [2.05, 4.69) is 13.8 Å². The predicted octanol–water partition coefficient (Wildman–Crippen LogP) is 2.73. The SMILES string of the molecule is CCOC(=O)CC(=O)C1CCCC(C)(C)C1. The maximum Gasteiger partial charge on any atom is 0.313 e. The van der Waals surface area contributed by atoms with E-state index in [1.807, 2.05) is 0 Å². The molecule has 1 saturated carbocycles. The first kappa shape index (κ1) is 13.2. The van der Waals surface area contributed by atoms with Gasteiger partial charge in [0.2, 0.25) is 0 Å². The molecule has 0 aromatic heterocycles. The third-order valence-electron chi connectivity index (χ3n) is 3.28. The zero-order valence-corrected chi connectivity index (χ0v) is 10.5. The average Bonchev–Trinajstić information content (AvgIpc) is 2.16. The number of hydrogen-bond acceptors (Lipinski definition) is 3. The Labute approximate surface area is 97.5 Å². The molecule has 0 radical (unpaired) electrons. The fraction of sp³-hybridized carbons (Fsp3) is 0.846. The van der Waals surface area contributed by atoms with E-state index in [0.29, 0.717) is 6.61 Å². The Kier molecular flexibility index (Phi) is 4.51. The summed E-state index contributed by atoms with van der Waals surface area (Å²) in [6.07, 6.45) is 4.06. The van der Waals surface area contributed by atoms with Gasteiger partial charge in [0.25, 0.3) is 0 Å². The first-order valence-electron chi connectivity index (χ1n) is 6.13. The summed E-state index contributed by atoms with van der Waals surface area (Å²) in [6, 6.07) is 0. The second-order valence-corrected chi connectivity index (χ2v) is 5.41. The van der Waals surface area contributed by atoms with Gasteiger partial charge in [-0.25, -0.2) is 0 Å². The summed E-state index contributed by atoms with van der Waals surface area (Å²) >= 11 is 0. The molecular formula is C13H22O3. The summed E-state index contributed by atoms with van der Waals surface area (Å²) < 4.78 is 4.80. The zero-order chi connectivity index (χ0) is 12.2. The normalized spacial score (nSPS) is 23.8. The van der Waals surface area contributed by atoms with E-state index >= 15 is 0 Å². The van der Waals surface area contributed by atoms with Crippen LogP contribution < -0.4 is 0 Å². The number of Topliss-reactive ketones (excluding diaryl/α,β-unsaturated/α-hetero) is 1. The number of rotatable bonds is 4. The van der Waals surface area contributed by atoms with E-state index < -0.39 is 0 Å². The zero-order valence-electron chi connectivity index (χ0n) is 10.5. The Hall–Kier alpha value is -0.860. The minimum absolute atomic E-state index is 0.0470. The molecule has 1 unspecified atom stereocenters. The minimum atomic E-state index is -0.379. The van der Waals surface area contributed by atoms with Crippen LogP contribution in [0.15, 0.2) is 0 Å². The molecule has 3 heteroatoms. The van der Waals surface area contributed by atoms with Gasteiger partial charge in [-0.2, -0.15) is 0 Å². The molecule has 16 heavy (non-hydrogen) atoms. The molecule has 1 fully saturated rings. The number of hydrogen-bond donors (Lipinski definition) is 0. The summed E-state index contributed by atoms with van der Waals surface area (Å²) in [5.41, 5.74) is 0.243. The van der Waals surface area contributed by atoms with Crippen LogP contribution in [0.4, 0.5) is 0 Å². The monoisotopic (exact) mass is 226 g/mol. The van der Waals surface area contributed by atoms with E-state index in [9.17, 15) is 9.59 Å². The van der Waals surface area contributed by atoms with Crippen molar-refractivity contribution < 1.29 is 14.3 Å². The molecule has 1 atom stereocenters. The third-order valence-corrected chi connectivity index (χ3v) is 3.28. The quantitative estimate of drug-likeness (QED) is 0.547. The Balaban J connectivity index is 2.45. The van der Waals surface area contributed by atoms with Crippen LogP contribution in [0.3, 0.4) is 0 Å². The summed E-state index contributed by atoms with van der Waals surface area (Å²) in [5, 5.41) is 0. The number of ether oxygens (including phenoxy) is 1. The molecule has 0 aromatic carbocycles. The van der Waals surface area contributed by atoms with Crippen molar-refractivity contribution in [3.05, 3.63) is 0 Å². The highest BCUT2D eigenvalue weighted by Gasteiger charge is 2.32.